The zero-order valence-electron chi connectivity index (χ0n) is 35.1. The van der Waals surface area contributed by atoms with E-state index in [-0.39, 0.29) is 82.1 Å². The molecule has 2 aliphatic carbocycles. The number of carboxylic acids is 1. The van der Waals surface area contributed by atoms with E-state index in [2.05, 4.69) is 22.0 Å². The number of nitrogens with zero attached hydrogens (tertiary/aromatic N) is 2. The van der Waals surface area contributed by atoms with Gasteiger partial charge in [0, 0.05) is 26.1 Å². The molecule has 5 amide bonds. The van der Waals surface area contributed by atoms with Crippen LogP contribution in [0.3, 0.4) is 0 Å². The number of amides is 5. The number of likely N-dealkylation sites (N-methyl/N-ethyl adjacent to an activating group) is 1. The maximum absolute atomic E-state index is 14.8. The van der Waals surface area contributed by atoms with Gasteiger partial charge in [-0.1, -0.05) is 43.5 Å². The summed E-state index contributed by atoms with van der Waals surface area (Å²) in [6.07, 6.45) is 5.51. The molecule has 1 unspecified atom stereocenters. The van der Waals surface area contributed by atoms with Crippen molar-refractivity contribution >= 4 is 35.7 Å². The van der Waals surface area contributed by atoms with Gasteiger partial charge in [-0.25, -0.2) is 9.59 Å². The highest BCUT2D eigenvalue weighted by Crippen LogP contribution is 2.32. The first-order valence-corrected chi connectivity index (χ1v) is 20.8. The molecule has 1 aliphatic heterocycles. The molecule has 16 heteroatoms. The number of fused-ring (bicyclic) bond motifs is 1. The predicted molar refractivity (Wildman–Crippen MR) is 214 cm³/mol. The molecule has 1 saturated carbocycles. The summed E-state index contributed by atoms with van der Waals surface area (Å²) in [7, 11) is 1.48. The lowest BCUT2D eigenvalue weighted by molar-refractivity contribution is -0.150. The summed E-state index contributed by atoms with van der Waals surface area (Å²) in [5.41, 5.74) is 1.48. The van der Waals surface area contributed by atoms with Crippen LogP contribution in [0, 0.1) is 5.92 Å². The van der Waals surface area contributed by atoms with Gasteiger partial charge >= 0.3 is 12.1 Å². The third-order valence-corrected chi connectivity index (χ3v) is 11.1. The molecule has 0 radical (unpaired) electrons. The highest BCUT2D eigenvalue weighted by Gasteiger charge is 2.45. The van der Waals surface area contributed by atoms with E-state index in [1.54, 1.807) is 27.7 Å². The van der Waals surface area contributed by atoms with Crippen LogP contribution in [0.5, 0.6) is 0 Å². The average Bonchev–Trinajstić information content (AvgIpc) is 3.61. The average molecular weight is 816 g/mol. The fraction of sp³-hybridized carbons (Fsp3) is 0.714. The monoisotopic (exact) mass is 815 g/mol. The van der Waals surface area contributed by atoms with Gasteiger partial charge in [0.1, 0.15) is 23.7 Å². The van der Waals surface area contributed by atoms with Gasteiger partial charge in [-0.15, -0.1) is 0 Å². The van der Waals surface area contributed by atoms with Crippen LogP contribution in [0.4, 0.5) is 4.79 Å². The Kier molecular flexibility index (Phi) is 17.8. The van der Waals surface area contributed by atoms with Gasteiger partial charge in [-0.2, -0.15) is 0 Å². The van der Waals surface area contributed by atoms with Gasteiger partial charge in [0.15, 0.2) is 6.10 Å². The van der Waals surface area contributed by atoms with E-state index in [1.807, 2.05) is 18.2 Å². The van der Waals surface area contributed by atoms with Crippen LogP contribution in [0.25, 0.3) is 0 Å². The Balaban J connectivity index is 1.43. The van der Waals surface area contributed by atoms with E-state index < -0.39 is 53.8 Å². The lowest BCUT2D eigenvalue weighted by atomic mass is 9.83. The minimum Gasteiger partial charge on any atom is -0.479 e. The van der Waals surface area contributed by atoms with Crippen molar-refractivity contribution in [3.05, 3.63) is 35.4 Å². The van der Waals surface area contributed by atoms with Gasteiger partial charge < -0.3 is 44.9 Å². The van der Waals surface area contributed by atoms with Crippen LogP contribution in [0.15, 0.2) is 24.3 Å². The quantitative estimate of drug-likeness (QED) is 0.149. The van der Waals surface area contributed by atoms with E-state index in [0.717, 1.165) is 56.9 Å². The number of carbonyl (C=O) groups excluding carboxylic acids is 5. The van der Waals surface area contributed by atoms with Crippen LogP contribution in [-0.4, -0.2) is 133 Å². The number of hydrogen-bond acceptors (Lipinski definition) is 10. The lowest BCUT2D eigenvalue weighted by Gasteiger charge is -2.36. The minimum atomic E-state index is -1.05. The number of likely N-dealkylation sites (tertiary alicyclic amines) is 1. The summed E-state index contributed by atoms with van der Waals surface area (Å²) in [5.74, 6) is -2.73. The molecule has 6 atom stereocenters. The molecule has 58 heavy (non-hydrogen) atoms. The maximum atomic E-state index is 14.8. The van der Waals surface area contributed by atoms with Gasteiger partial charge in [0.05, 0.1) is 39.1 Å². The number of ether oxygens (including phenoxy) is 4. The van der Waals surface area contributed by atoms with Crippen molar-refractivity contribution in [3.8, 4) is 0 Å². The zero-order chi connectivity index (χ0) is 42.4. The molecular weight excluding hydrogens is 750 g/mol. The molecule has 0 aromatic heterocycles. The molecule has 3 aliphatic rings. The Labute approximate surface area is 342 Å². The molecule has 1 saturated heterocycles. The van der Waals surface area contributed by atoms with E-state index in [1.165, 1.54) is 29.3 Å². The Morgan fingerprint density at radius 1 is 0.897 bits per heavy atom. The predicted octanol–water partition coefficient (Wildman–Crippen LogP) is 3.50. The van der Waals surface area contributed by atoms with Crippen molar-refractivity contribution in [1.29, 1.82) is 0 Å². The minimum absolute atomic E-state index is 0.0449. The van der Waals surface area contributed by atoms with Crippen LogP contribution < -0.4 is 16.0 Å². The van der Waals surface area contributed by atoms with Crippen molar-refractivity contribution in [2.24, 2.45) is 5.92 Å². The summed E-state index contributed by atoms with van der Waals surface area (Å²) in [4.78, 5) is 82.3. The highest BCUT2D eigenvalue weighted by molar-refractivity contribution is 5.94. The molecule has 0 spiro atoms. The number of benzene rings is 1. The smallest absolute Gasteiger partial charge is 0.410 e. The number of nitrogens with one attached hydrogen (secondary N) is 3. The first-order valence-electron chi connectivity index (χ1n) is 20.8. The van der Waals surface area contributed by atoms with Gasteiger partial charge in [-0.05, 0) is 90.2 Å². The largest absolute Gasteiger partial charge is 0.479 e. The second-order valence-corrected chi connectivity index (χ2v) is 16.6. The third-order valence-electron chi connectivity index (χ3n) is 11.1. The van der Waals surface area contributed by atoms with Gasteiger partial charge in [0.2, 0.25) is 23.6 Å². The summed E-state index contributed by atoms with van der Waals surface area (Å²) >= 11 is 0. The first-order chi connectivity index (χ1) is 27.6. The summed E-state index contributed by atoms with van der Waals surface area (Å²) in [6, 6.07) is 4.51. The van der Waals surface area contributed by atoms with Crippen molar-refractivity contribution in [2.75, 3.05) is 46.6 Å². The van der Waals surface area contributed by atoms with Crippen molar-refractivity contribution in [2.45, 2.75) is 141 Å². The summed E-state index contributed by atoms with van der Waals surface area (Å²) in [5, 5.41) is 18.1. The van der Waals surface area contributed by atoms with Gasteiger partial charge in [-0.3, -0.25) is 24.1 Å². The van der Waals surface area contributed by atoms with Crippen LogP contribution >= 0.6 is 0 Å². The number of rotatable bonds is 19. The number of aryl methyl sites for hydroxylation is 1. The Morgan fingerprint density at radius 3 is 2.26 bits per heavy atom. The number of carboxylic acid groups (broad SMARTS) is 1. The highest BCUT2D eigenvalue weighted by atomic mass is 16.6. The van der Waals surface area contributed by atoms with Crippen molar-refractivity contribution in [1.82, 2.24) is 25.8 Å². The molecular formula is C42H65N5O11. The molecule has 1 heterocycles. The lowest BCUT2D eigenvalue weighted by Crippen LogP contribution is -2.59. The summed E-state index contributed by atoms with van der Waals surface area (Å²) < 4.78 is 21.5. The molecule has 1 aromatic carbocycles. The Morgan fingerprint density at radius 2 is 1.57 bits per heavy atom. The first kappa shape index (κ1) is 46.4. The molecule has 0 bridgehead atoms. The van der Waals surface area contributed by atoms with Crippen molar-refractivity contribution in [3.63, 3.8) is 0 Å². The van der Waals surface area contributed by atoms with Crippen LogP contribution in [0.2, 0.25) is 0 Å². The fourth-order valence-electron chi connectivity index (χ4n) is 7.72. The fourth-order valence-corrected chi connectivity index (χ4v) is 7.72. The Bertz CT molecular complexity index is 1560. The topological polar surface area (TPSA) is 202 Å². The zero-order valence-corrected chi connectivity index (χ0v) is 35.1. The number of carbonyl (C=O) groups is 6. The third kappa shape index (κ3) is 13.9. The SMILES string of the molecule is CC(OCCOCCOCCC(=O)N[C@H]1C[C@@H](C(=O)N[C@@H]2CCCc3ccccc32)N(C(=O)[C@@H](NC(=O)[C@H](C)N(C)C(=O)OC(C)(C)C)C2CCCCC2)C1)C(=O)O. The number of hydrogen-bond donors (Lipinski definition) is 4. The second kappa shape index (κ2) is 22.2. The normalized spacial score (nSPS) is 21.2. The van der Waals surface area contributed by atoms with E-state index >= 15 is 0 Å². The summed E-state index contributed by atoms with van der Waals surface area (Å²) in [6.45, 7) is 9.23. The van der Waals surface area contributed by atoms with Crippen LogP contribution in [-0.2, 0) is 49.3 Å². The van der Waals surface area contributed by atoms with Crippen LogP contribution in [0.1, 0.15) is 110 Å². The Hall–Kier alpha value is -4.28. The standard InChI is InChI=1S/C42H65N5O11/c1-27(46(6)41(54)58-42(3,4)5)37(49)45-36(30-14-8-7-9-15-30)39(51)47-26-31(43-35(48)19-20-55-21-22-56-23-24-57-28(2)40(52)53)25-34(47)38(50)44-33-18-12-16-29-13-10-11-17-32(29)33/h10-11,13,17,27-28,30-31,33-34,36H,7-9,12,14-16,18-26H2,1-6H3,(H,43,48)(H,44,50)(H,45,49)(H,52,53)/t27-,28?,31-,33+,34-,36-/m0/s1. The molecule has 4 N–H and O–H groups in total. The van der Waals surface area contributed by atoms with E-state index in [4.69, 9.17) is 24.1 Å². The maximum Gasteiger partial charge on any atom is 0.410 e. The molecule has 16 nitrogen and oxygen atoms in total. The van der Waals surface area contributed by atoms with E-state index in [9.17, 15) is 28.8 Å². The molecule has 1 aromatic rings. The molecule has 2 fully saturated rings. The van der Waals surface area contributed by atoms with E-state index in [0.29, 0.717) is 0 Å². The second-order valence-electron chi connectivity index (χ2n) is 16.6. The molecule has 4 rings (SSSR count). The molecule has 324 valence electrons. The number of aliphatic carboxylic acids is 1. The van der Waals surface area contributed by atoms with Crippen molar-refractivity contribution < 1.29 is 52.8 Å². The van der Waals surface area contributed by atoms with Gasteiger partial charge in [0.25, 0.3) is 0 Å².